The number of aryl methyl sites for hydroxylation is 1. The number of hydrogen-bond acceptors (Lipinski definition) is 5. The molecule has 5 rings (SSSR count). The maximum Gasteiger partial charge on any atom is 0.237 e. The number of benzene rings is 3. The van der Waals surface area contributed by atoms with Crippen LogP contribution in [-0.4, -0.2) is 5.16 Å². The van der Waals surface area contributed by atoms with Gasteiger partial charge in [0.2, 0.25) is 12.1 Å². The molecule has 0 saturated carbocycles. The van der Waals surface area contributed by atoms with E-state index in [0.717, 1.165) is 39.3 Å². The van der Waals surface area contributed by atoms with Gasteiger partial charge in [0.1, 0.15) is 18.6 Å². The van der Waals surface area contributed by atoms with E-state index >= 15 is 0 Å². The number of para-hydroxylation sites is 1. The summed E-state index contributed by atoms with van der Waals surface area (Å²) < 4.78 is 17.6. The third-order valence-electron chi connectivity index (χ3n) is 5.69. The number of aromatic nitrogens is 1. The maximum atomic E-state index is 6.11. The molecule has 1 atom stereocenters. The highest BCUT2D eigenvalue weighted by atomic mass is 16.5. The highest BCUT2D eigenvalue weighted by Gasteiger charge is 2.29. The largest absolute Gasteiger partial charge is 0.489 e. The van der Waals surface area contributed by atoms with E-state index in [4.69, 9.17) is 14.0 Å². The van der Waals surface area contributed by atoms with Gasteiger partial charge < -0.3 is 14.0 Å². The minimum Gasteiger partial charge on any atom is -0.489 e. The Morgan fingerprint density at radius 2 is 1.69 bits per heavy atom. The summed E-state index contributed by atoms with van der Waals surface area (Å²) in [7, 11) is 0. The van der Waals surface area contributed by atoms with Crippen molar-refractivity contribution in [3.63, 3.8) is 0 Å². The van der Waals surface area contributed by atoms with Gasteiger partial charge in [0.05, 0.1) is 5.69 Å². The van der Waals surface area contributed by atoms with E-state index in [-0.39, 0.29) is 6.23 Å². The van der Waals surface area contributed by atoms with Crippen LogP contribution in [0, 0.1) is 13.8 Å². The van der Waals surface area contributed by atoms with Gasteiger partial charge in [0, 0.05) is 17.3 Å². The second-order valence-electron chi connectivity index (χ2n) is 7.76. The Morgan fingerprint density at radius 3 is 2.41 bits per heavy atom. The molecular formula is C27H24N2O3. The van der Waals surface area contributed by atoms with E-state index in [1.165, 1.54) is 0 Å². The lowest BCUT2D eigenvalue weighted by molar-refractivity contribution is 0.169. The fourth-order valence-electron chi connectivity index (χ4n) is 3.84. The highest BCUT2D eigenvalue weighted by molar-refractivity contribution is 5.68. The summed E-state index contributed by atoms with van der Waals surface area (Å²) in [6.45, 7) is 4.39. The van der Waals surface area contributed by atoms with Gasteiger partial charge in [0.15, 0.2) is 0 Å². The first kappa shape index (κ1) is 19.9. The molecule has 0 radical (unpaired) electrons. The van der Waals surface area contributed by atoms with Crippen LogP contribution in [0.3, 0.4) is 0 Å². The molecule has 5 nitrogen and oxygen atoms in total. The van der Waals surface area contributed by atoms with Gasteiger partial charge in [-0.25, -0.2) is 0 Å². The van der Waals surface area contributed by atoms with E-state index in [2.05, 4.69) is 35.5 Å². The molecule has 0 aliphatic carbocycles. The Bertz CT molecular complexity index is 1230. The van der Waals surface area contributed by atoms with Gasteiger partial charge in [-0.15, -0.1) is 0 Å². The van der Waals surface area contributed by atoms with Crippen molar-refractivity contribution in [2.75, 3.05) is 4.90 Å². The van der Waals surface area contributed by atoms with E-state index < -0.39 is 0 Å². The van der Waals surface area contributed by atoms with Crippen LogP contribution in [0.4, 0.5) is 5.88 Å². The number of nitrogens with zero attached hydrogens (tertiary/aromatic N) is 2. The molecule has 0 amide bonds. The van der Waals surface area contributed by atoms with Gasteiger partial charge in [0.25, 0.3) is 0 Å². The third-order valence-corrected chi connectivity index (χ3v) is 5.69. The van der Waals surface area contributed by atoms with Crippen LogP contribution < -0.4 is 9.64 Å². The Morgan fingerprint density at radius 1 is 0.938 bits per heavy atom. The Kier molecular flexibility index (Phi) is 5.38. The van der Waals surface area contributed by atoms with Gasteiger partial charge in [-0.1, -0.05) is 65.8 Å². The SMILES string of the molecule is Cc1noc(N2C=COC2c2ccc(-c3ccccc3)c(COc3ccccc3)c2)c1C. The quantitative estimate of drug-likeness (QED) is 0.351. The fraction of sp³-hybridized carbons (Fsp3) is 0.148. The molecule has 0 bridgehead atoms. The molecule has 0 saturated heterocycles. The lowest BCUT2D eigenvalue weighted by Gasteiger charge is -2.23. The van der Waals surface area contributed by atoms with Crippen molar-refractivity contribution in [1.82, 2.24) is 5.16 Å². The van der Waals surface area contributed by atoms with Crippen LogP contribution in [0.15, 0.2) is 95.8 Å². The molecule has 0 spiro atoms. The van der Waals surface area contributed by atoms with Crippen molar-refractivity contribution in [3.05, 3.63) is 114 Å². The molecule has 32 heavy (non-hydrogen) atoms. The Hall–Kier alpha value is -3.99. The number of rotatable bonds is 6. The van der Waals surface area contributed by atoms with Crippen molar-refractivity contribution in [1.29, 1.82) is 0 Å². The minimum absolute atomic E-state index is 0.332. The lowest BCUT2D eigenvalue weighted by Crippen LogP contribution is -2.20. The number of hydrogen-bond donors (Lipinski definition) is 0. The van der Waals surface area contributed by atoms with E-state index in [1.54, 1.807) is 6.26 Å². The van der Waals surface area contributed by atoms with Crippen molar-refractivity contribution in [3.8, 4) is 16.9 Å². The maximum absolute atomic E-state index is 6.11. The zero-order valence-electron chi connectivity index (χ0n) is 18.1. The van der Waals surface area contributed by atoms with Crippen molar-refractivity contribution in [2.45, 2.75) is 26.7 Å². The average Bonchev–Trinajstić information content (AvgIpc) is 3.45. The summed E-state index contributed by atoms with van der Waals surface area (Å²) in [6.07, 6.45) is 3.23. The summed E-state index contributed by atoms with van der Waals surface area (Å²) in [5, 5.41) is 4.10. The van der Waals surface area contributed by atoms with Crippen LogP contribution in [-0.2, 0) is 11.3 Å². The number of anilines is 1. The Labute approximate surface area is 187 Å². The summed E-state index contributed by atoms with van der Waals surface area (Å²) in [4.78, 5) is 1.97. The van der Waals surface area contributed by atoms with Crippen LogP contribution in [0.5, 0.6) is 5.75 Å². The summed E-state index contributed by atoms with van der Waals surface area (Å²) in [5.41, 5.74) is 6.24. The summed E-state index contributed by atoms with van der Waals surface area (Å²) in [6, 6.07) is 26.6. The summed E-state index contributed by atoms with van der Waals surface area (Å²) >= 11 is 0. The fourth-order valence-corrected chi connectivity index (χ4v) is 3.84. The average molecular weight is 425 g/mol. The van der Waals surface area contributed by atoms with Crippen LogP contribution in [0.25, 0.3) is 11.1 Å². The minimum atomic E-state index is -0.332. The molecule has 5 heteroatoms. The van der Waals surface area contributed by atoms with Crippen molar-refractivity contribution < 1.29 is 14.0 Å². The molecule has 1 unspecified atom stereocenters. The smallest absolute Gasteiger partial charge is 0.237 e. The molecule has 1 aliphatic heterocycles. The first-order valence-corrected chi connectivity index (χ1v) is 10.6. The topological polar surface area (TPSA) is 47.7 Å². The third kappa shape index (κ3) is 3.85. The van der Waals surface area contributed by atoms with Gasteiger partial charge >= 0.3 is 0 Å². The van der Waals surface area contributed by atoms with Crippen LogP contribution >= 0.6 is 0 Å². The van der Waals surface area contributed by atoms with Crippen molar-refractivity contribution in [2.24, 2.45) is 0 Å². The molecule has 160 valence electrons. The number of ether oxygens (including phenoxy) is 2. The second kappa shape index (κ2) is 8.63. The van der Waals surface area contributed by atoms with Gasteiger partial charge in [-0.3, -0.25) is 4.90 Å². The van der Waals surface area contributed by atoms with Crippen molar-refractivity contribution >= 4 is 5.88 Å². The zero-order chi connectivity index (χ0) is 21.9. The molecule has 4 aromatic rings. The van der Waals surface area contributed by atoms with Gasteiger partial charge in [-0.05, 0) is 48.7 Å². The first-order chi connectivity index (χ1) is 15.7. The molecule has 1 aliphatic rings. The predicted molar refractivity (Wildman–Crippen MR) is 124 cm³/mol. The second-order valence-corrected chi connectivity index (χ2v) is 7.76. The Balaban J connectivity index is 1.50. The van der Waals surface area contributed by atoms with Crippen LogP contribution in [0.2, 0.25) is 0 Å². The standard InChI is InChI=1S/C27H24N2O3/c1-19-20(2)28-32-26(19)29-15-16-30-27(29)22-13-14-25(21-9-5-3-6-10-21)23(17-22)18-31-24-11-7-4-8-12-24/h3-17,27H,18H2,1-2H3. The van der Waals surface area contributed by atoms with E-state index in [0.29, 0.717) is 12.5 Å². The molecule has 0 fully saturated rings. The summed E-state index contributed by atoms with van der Waals surface area (Å²) in [5.74, 6) is 1.53. The highest BCUT2D eigenvalue weighted by Crippen LogP contribution is 2.37. The normalized spacial score (nSPS) is 15.1. The zero-order valence-corrected chi connectivity index (χ0v) is 18.1. The first-order valence-electron chi connectivity index (χ1n) is 10.6. The monoisotopic (exact) mass is 424 g/mol. The molecular weight excluding hydrogens is 400 g/mol. The predicted octanol–water partition coefficient (Wildman–Crippen LogP) is 6.54. The lowest BCUT2D eigenvalue weighted by atomic mass is 9.97. The molecule has 0 N–H and O–H groups in total. The van der Waals surface area contributed by atoms with E-state index in [9.17, 15) is 0 Å². The molecule has 1 aromatic heterocycles. The molecule has 3 aromatic carbocycles. The van der Waals surface area contributed by atoms with Gasteiger partial charge in [-0.2, -0.15) is 0 Å². The van der Waals surface area contributed by atoms with E-state index in [1.807, 2.05) is 73.5 Å². The van der Waals surface area contributed by atoms with Crippen LogP contribution in [0.1, 0.15) is 28.6 Å². The molecule has 2 heterocycles.